The van der Waals surface area contributed by atoms with Gasteiger partial charge in [-0.15, -0.1) is 4.40 Å². The van der Waals surface area contributed by atoms with Crippen LogP contribution in [0.1, 0.15) is 5.56 Å². The fraction of sp³-hybridized carbons (Fsp3) is 0.125. The molecule has 0 heterocycles. The summed E-state index contributed by atoms with van der Waals surface area (Å²) in [4.78, 5) is -0.186. The molecule has 0 aliphatic carbocycles. The van der Waals surface area contributed by atoms with Crippen molar-refractivity contribution in [1.29, 1.82) is 0 Å². The number of benzene rings is 1. The van der Waals surface area contributed by atoms with Crippen LogP contribution in [-0.2, 0) is 10.0 Å². The molecule has 0 saturated heterocycles. The largest absolute Gasteiger partial charge is 0.293 e. The van der Waals surface area contributed by atoms with Crippen molar-refractivity contribution < 1.29 is 8.42 Å². The predicted octanol–water partition coefficient (Wildman–Crippen LogP) is 0.273. The molecule has 0 aliphatic rings. The Labute approximate surface area is 114 Å². The molecule has 1 aromatic rings. The lowest BCUT2D eigenvalue weighted by Crippen LogP contribution is -2.45. The molecule has 6 N–H and O–H groups in total. The molecule has 18 heavy (non-hydrogen) atoms. The van der Waals surface area contributed by atoms with Gasteiger partial charge >= 0.3 is 0 Å². The lowest BCUT2D eigenvalue weighted by Gasteiger charge is -2.07. The fourth-order valence-electron chi connectivity index (χ4n) is 1.09. The summed E-state index contributed by atoms with van der Waals surface area (Å²) >= 11 is 11.6. The molecule has 0 bridgehead atoms. The Morgan fingerprint density at radius 1 is 1.22 bits per heavy atom. The number of nitrogens with two attached hydrogens (primary N) is 2. The first-order chi connectivity index (χ1) is 8.31. The molecule has 0 fully saturated rings. The average Bonchev–Trinajstić information content (AvgIpc) is 2.30. The molecule has 0 radical (unpaired) electrons. The summed E-state index contributed by atoms with van der Waals surface area (Å²) in [7, 11) is -4.04. The molecule has 1 rings (SSSR count). The lowest BCUT2D eigenvalue weighted by molar-refractivity contribution is 0.597. The van der Waals surface area contributed by atoms with Crippen LogP contribution >= 0.6 is 23.2 Å². The fourth-order valence-corrected chi connectivity index (χ4v) is 2.84. The Hall–Kier alpha value is -1.06. The normalized spacial score (nSPS) is 10.9. The average molecular weight is 312 g/mol. The zero-order valence-electron chi connectivity index (χ0n) is 9.24. The first-order valence-electron chi connectivity index (χ1n) is 4.55. The Bertz CT molecular complexity index is 581. The first-order valence-corrected chi connectivity index (χ1v) is 6.75. The summed E-state index contributed by atoms with van der Waals surface area (Å²) in [6, 6.07) is 2.64. The van der Waals surface area contributed by atoms with Gasteiger partial charge in [-0.25, -0.2) is 11.7 Å². The number of aryl methyl sites for hydroxylation is 1. The van der Waals surface area contributed by atoms with Crippen molar-refractivity contribution in [1.82, 2.24) is 10.9 Å². The second-order valence-electron chi connectivity index (χ2n) is 3.24. The van der Waals surface area contributed by atoms with Gasteiger partial charge in [0.1, 0.15) is 4.90 Å². The summed E-state index contributed by atoms with van der Waals surface area (Å²) in [6.45, 7) is 1.64. The molecule has 7 nitrogen and oxygen atoms in total. The van der Waals surface area contributed by atoms with Gasteiger partial charge in [0.15, 0.2) is 0 Å². The van der Waals surface area contributed by atoms with E-state index in [-0.39, 0.29) is 15.9 Å². The van der Waals surface area contributed by atoms with Gasteiger partial charge in [0.05, 0.1) is 5.02 Å². The Morgan fingerprint density at radius 3 is 2.28 bits per heavy atom. The predicted molar refractivity (Wildman–Crippen MR) is 70.5 cm³/mol. The topological polar surface area (TPSA) is 123 Å². The van der Waals surface area contributed by atoms with Crippen LogP contribution in [0.5, 0.6) is 0 Å². The number of nitrogens with one attached hydrogen (secondary N) is 2. The minimum Gasteiger partial charge on any atom is -0.293 e. The smallest absolute Gasteiger partial charge is 0.287 e. The van der Waals surface area contributed by atoms with Crippen LogP contribution in [0.3, 0.4) is 0 Å². The number of hydrazine groups is 2. The molecular formula is C8H11Cl2N5O2S. The number of halogens is 2. The van der Waals surface area contributed by atoms with E-state index in [1.54, 1.807) is 6.92 Å². The summed E-state index contributed by atoms with van der Waals surface area (Å²) in [5.41, 5.74) is 4.53. The van der Waals surface area contributed by atoms with Crippen LogP contribution in [0.4, 0.5) is 0 Å². The molecule has 0 aromatic heterocycles. The molecule has 0 spiro atoms. The molecule has 0 amide bonds. The van der Waals surface area contributed by atoms with E-state index >= 15 is 0 Å². The molecule has 10 heteroatoms. The molecule has 0 unspecified atom stereocenters. The van der Waals surface area contributed by atoms with Crippen molar-refractivity contribution in [2.24, 2.45) is 16.1 Å². The van der Waals surface area contributed by atoms with Gasteiger partial charge in [0, 0.05) is 5.02 Å². The maximum atomic E-state index is 11.9. The van der Waals surface area contributed by atoms with Crippen molar-refractivity contribution in [2.75, 3.05) is 0 Å². The van der Waals surface area contributed by atoms with E-state index in [2.05, 4.69) is 4.40 Å². The number of guanidine groups is 1. The van der Waals surface area contributed by atoms with Crippen LogP contribution in [0, 0.1) is 6.92 Å². The monoisotopic (exact) mass is 311 g/mol. The van der Waals surface area contributed by atoms with Crippen LogP contribution in [0.15, 0.2) is 21.4 Å². The number of nitrogens with zero attached hydrogens (tertiary/aromatic N) is 1. The van der Waals surface area contributed by atoms with Crippen LogP contribution in [-0.4, -0.2) is 14.4 Å². The van der Waals surface area contributed by atoms with Crippen molar-refractivity contribution in [3.63, 3.8) is 0 Å². The standard InChI is InChI=1S/C8H11Cl2N5O2S/c1-4-2-7(6(10)3-5(4)9)18(16,17)15-8(13-11)14-12/h2-3H,11-12H2,1H3,(H2,13,14,15). The highest BCUT2D eigenvalue weighted by Crippen LogP contribution is 2.29. The van der Waals surface area contributed by atoms with Crippen LogP contribution < -0.4 is 22.5 Å². The molecule has 0 aliphatic heterocycles. The van der Waals surface area contributed by atoms with Crippen molar-refractivity contribution in [3.8, 4) is 0 Å². The van der Waals surface area contributed by atoms with E-state index in [4.69, 9.17) is 34.9 Å². The van der Waals surface area contributed by atoms with E-state index in [0.717, 1.165) is 0 Å². The zero-order valence-corrected chi connectivity index (χ0v) is 11.6. The van der Waals surface area contributed by atoms with Crippen molar-refractivity contribution >= 4 is 39.2 Å². The highest BCUT2D eigenvalue weighted by Gasteiger charge is 2.19. The number of hydrogen-bond acceptors (Lipinski definition) is 4. The minimum absolute atomic E-state index is 0.0391. The zero-order chi connectivity index (χ0) is 13.9. The summed E-state index contributed by atoms with van der Waals surface area (Å²) in [6.07, 6.45) is 0. The van der Waals surface area contributed by atoms with E-state index < -0.39 is 10.0 Å². The van der Waals surface area contributed by atoms with Gasteiger partial charge in [-0.1, -0.05) is 23.2 Å². The summed E-state index contributed by atoms with van der Waals surface area (Å²) < 4.78 is 27.2. The molecule has 100 valence electrons. The summed E-state index contributed by atoms with van der Waals surface area (Å²) in [5, 5.41) is 0.319. The summed E-state index contributed by atoms with van der Waals surface area (Å²) in [5.74, 6) is 9.72. The second-order valence-corrected chi connectivity index (χ2v) is 5.62. The maximum absolute atomic E-state index is 11.9. The third kappa shape index (κ3) is 3.24. The van der Waals surface area contributed by atoms with E-state index in [1.807, 2.05) is 10.9 Å². The van der Waals surface area contributed by atoms with E-state index in [1.165, 1.54) is 12.1 Å². The van der Waals surface area contributed by atoms with E-state index in [9.17, 15) is 8.42 Å². The van der Waals surface area contributed by atoms with Crippen LogP contribution in [0.2, 0.25) is 10.0 Å². The van der Waals surface area contributed by atoms with Crippen molar-refractivity contribution in [3.05, 3.63) is 27.7 Å². The van der Waals surface area contributed by atoms with Crippen molar-refractivity contribution in [2.45, 2.75) is 11.8 Å². The first kappa shape index (κ1) is 15.0. The lowest BCUT2D eigenvalue weighted by atomic mass is 10.2. The molecule has 1 aromatic carbocycles. The number of rotatable bonds is 2. The highest BCUT2D eigenvalue weighted by atomic mass is 35.5. The maximum Gasteiger partial charge on any atom is 0.287 e. The Kier molecular flexibility index (Phi) is 4.77. The Morgan fingerprint density at radius 2 is 1.78 bits per heavy atom. The number of hydrogen-bond donors (Lipinski definition) is 4. The van der Waals surface area contributed by atoms with Gasteiger partial charge in [0.25, 0.3) is 10.0 Å². The third-order valence-electron chi connectivity index (χ3n) is 1.98. The Balaban J connectivity index is 3.38. The van der Waals surface area contributed by atoms with Gasteiger partial charge in [-0.05, 0) is 24.6 Å². The quantitative estimate of drug-likeness (QED) is 0.269. The molecule has 0 saturated carbocycles. The SMILES string of the molecule is Cc1cc(S(=O)(=O)N=C(NN)NN)c(Cl)cc1Cl. The third-order valence-corrected chi connectivity index (χ3v) is 4.12. The van der Waals surface area contributed by atoms with Gasteiger partial charge < -0.3 is 0 Å². The molecular weight excluding hydrogens is 301 g/mol. The van der Waals surface area contributed by atoms with Gasteiger partial charge in [0.2, 0.25) is 5.96 Å². The van der Waals surface area contributed by atoms with E-state index in [0.29, 0.717) is 10.6 Å². The van der Waals surface area contributed by atoms with Crippen LogP contribution in [0.25, 0.3) is 0 Å². The van der Waals surface area contributed by atoms with Gasteiger partial charge in [-0.3, -0.25) is 10.9 Å². The second kappa shape index (κ2) is 5.72. The highest BCUT2D eigenvalue weighted by molar-refractivity contribution is 7.90. The number of sulfonamides is 1. The minimum atomic E-state index is -4.04. The van der Waals surface area contributed by atoms with Gasteiger partial charge in [-0.2, -0.15) is 8.42 Å². The molecule has 0 atom stereocenters.